The molecule has 1 aliphatic heterocycles. The molecule has 0 fully saturated rings. The van der Waals surface area contributed by atoms with Crippen molar-refractivity contribution in [2.75, 3.05) is 6.54 Å². The largest absolute Gasteiger partial charge is 0.352 e. The van der Waals surface area contributed by atoms with Crippen LogP contribution in [0.3, 0.4) is 0 Å². The Labute approximate surface area is 256 Å². The molecule has 0 spiro atoms. The minimum absolute atomic E-state index is 0.0344. The molecule has 0 radical (unpaired) electrons. The fourth-order valence-electron chi connectivity index (χ4n) is 4.80. The summed E-state index contributed by atoms with van der Waals surface area (Å²) in [6.45, 7) is 3.72. The summed E-state index contributed by atoms with van der Waals surface area (Å²) in [6.07, 6.45) is 0.951. The van der Waals surface area contributed by atoms with Crippen LogP contribution in [0.4, 0.5) is 0 Å². The molecule has 222 valence electrons. The number of sulfonamides is 1. The molecule has 11 heteroatoms. The van der Waals surface area contributed by atoms with Gasteiger partial charge in [0.2, 0.25) is 11.8 Å². The van der Waals surface area contributed by atoms with Crippen LogP contribution < -0.4 is 5.32 Å². The highest BCUT2D eigenvalue weighted by Crippen LogP contribution is 2.30. The summed E-state index contributed by atoms with van der Waals surface area (Å²) in [5, 5.41) is 3.80. The molecule has 42 heavy (non-hydrogen) atoms. The van der Waals surface area contributed by atoms with E-state index in [1.165, 1.54) is 17.0 Å². The number of nitrogens with zero attached hydrogens (tertiary/aromatic N) is 2. The summed E-state index contributed by atoms with van der Waals surface area (Å²) in [5.41, 5.74) is 1.59. The fraction of sp³-hybridized carbons (Fsp3) is 0.323. The van der Waals surface area contributed by atoms with Gasteiger partial charge < -0.3 is 10.2 Å². The fourth-order valence-corrected chi connectivity index (χ4v) is 6.87. The van der Waals surface area contributed by atoms with Crippen LogP contribution >= 0.6 is 23.2 Å². The Hall–Kier alpha value is -3.40. The first-order chi connectivity index (χ1) is 20.0. The van der Waals surface area contributed by atoms with E-state index in [0.717, 1.165) is 9.87 Å². The van der Waals surface area contributed by atoms with Crippen LogP contribution in [-0.2, 0) is 32.6 Å². The molecule has 3 aromatic rings. The Morgan fingerprint density at radius 1 is 1.00 bits per heavy atom. The van der Waals surface area contributed by atoms with Crippen LogP contribution in [0.1, 0.15) is 54.6 Å². The first-order valence-corrected chi connectivity index (χ1v) is 16.0. The molecule has 2 atom stereocenters. The SMILES string of the molecule is CC[C@H](C)NC(=O)[C@H](Cc1ccccc1)N(Cc1ccc(Cl)cc1Cl)C(=O)CCCN1C(=O)c2ccccc2S1(=O)=O. The van der Waals surface area contributed by atoms with Crippen molar-refractivity contribution in [3.63, 3.8) is 0 Å². The van der Waals surface area contributed by atoms with E-state index >= 15 is 0 Å². The van der Waals surface area contributed by atoms with E-state index in [4.69, 9.17) is 23.2 Å². The molecule has 1 heterocycles. The summed E-state index contributed by atoms with van der Waals surface area (Å²) < 4.78 is 26.8. The number of rotatable bonds is 12. The zero-order chi connectivity index (χ0) is 30.4. The Balaban J connectivity index is 1.60. The Bertz CT molecular complexity index is 1570. The third kappa shape index (κ3) is 7.14. The zero-order valence-corrected chi connectivity index (χ0v) is 25.8. The summed E-state index contributed by atoms with van der Waals surface area (Å²) in [7, 11) is -3.99. The second-order valence-corrected chi connectivity index (χ2v) is 12.9. The lowest BCUT2D eigenvalue weighted by Gasteiger charge is -2.33. The first-order valence-electron chi connectivity index (χ1n) is 13.8. The van der Waals surface area contributed by atoms with Crippen molar-refractivity contribution in [3.05, 3.63) is 99.5 Å². The van der Waals surface area contributed by atoms with Gasteiger partial charge in [0.1, 0.15) is 10.9 Å². The topological polar surface area (TPSA) is 104 Å². The molecule has 0 bridgehead atoms. The van der Waals surface area contributed by atoms with Gasteiger partial charge in [0.25, 0.3) is 15.9 Å². The van der Waals surface area contributed by atoms with Gasteiger partial charge in [-0.15, -0.1) is 0 Å². The van der Waals surface area contributed by atoms with E-state index < -0.39 is 22.0 Å². The van der Waals surface area contributed by atoms with Gasteiger partial charge in [0, 0.05) is 42.0 Å². The van der Waals surface area contributed by atoms with Crippen LogP contribution in [-0.4, -0.2) is 54.0 Å². The van der Waals surface area contributed by atoms with Gasteiger partial charge in [0.05, 0.1) is 5.56 Å². The average Bonchev–Trinajstić information content (AvgIpc) is 3.16. The molecule has 1 aliphatic rings. The van der Waals surface area contributed by atoms with Gasteiger partial charge in [-0.05, 0) is 55.2 Å². The predicted octanol–water partition coefficient (Wildman–Crippen LogP) is 5.47. The molecule has 3 aromatic carbocycles. The highest BCUT2D eigenvalue weighted by Gasteiger charge is 2.40. The number of halogens is 2. The van der Waals surface area contributed by atoms with E-state index in [1.807, 2.05) is 44.2 Å². The molecule has 3 amide bonds. The maximum absolute atomic E-state index is 13.9. The van der Waals surface area contributed by atoms with Gasteiger partial charge in [-0.1, -0.05) is 78.7 Å². The van der Waals surface area contributed by atoms with Crippen molar-refractivity contribution in [1.29, 1.82) is 0 Å². The molecule has 0 aromatic heterocycles. The van der Waals surface area contributed by atoms with Gasteiger partial charge in [0.15, 0.2) is 0 Å². The van der Waals surface area contributed by atoms with Crippen molar-refractivity contribution in [1.82, 2.24) is 14.5 Å². The summed E-state index contributed by atoms with van der Waals surface area (Å²) >= 11 is 12.6. The number of hydrogen-bond acceptors (Lipinski definition) is 5. The van der Waals surface area contributed by atoms with E-state index in [-0.39, 0.29) is 60.7 Å². The van der Waals surface area contributed by atoms with Crippen LogP contribution in [0.15, 0.2) is 77.7 Å². The Kier molecular flexibility index (Phi) is 10.3. The number of hydrogen-bond donors (Lipinski definition) is 1. The Morgan fingerprint density at radius 2 is 1.69 bits per heavy atom. The monoisotopic (exact) mass is 629 g/mol. The summed E-state index contributed by atoms with van der Waals surface area (Å²) in [6, 6.07) is 19.4. The highest BCUT2D eigenvalue weighted by atomic mass is 35.5. The van der Waals surface area contributed by atoms with Crippen LogP contribution in [0.25, 0.3) is 0 Å². The van der Waals surface area contributed by atoms with Crippen molar-refractivity contribution < 1.29 is 22.8 Å². The van der Waals surface area contributed by atoms with E-state index in [2.05, 4.69) is 5.32 Å². The maximum Gasteiger partial charge on any atom is 0.269 e. The molecule has 0 aliphatic carbocycles. The molecule has 8 nitrogen and oxygen atoms in total. The molecule has 4 rings (SSSR count). The first kappa shape index (κ1) is 31.5. The van der Waals surface area contributed by atoms with Crippen molar-refractivity contribution in [3.8, 4) is 0 Å². The second-order valence-electron chi connectivity index (χ2n) is 10.3. The van der Waals surface area contributed by atoms with Crippen molar-refractivity contribution >= 4 is 50.9 Å². The number of amides is 3. The number of fused-ring (bicyclic) bond motifs is 1. The molecule has 0 unspecified atom stereocenters. The van der Waals surface area contributed by atoms with E-state index in [0.29, 0.717) is 22.0 Å². The normalized spacial score (nSPS) is 15.1. The van der Waals surface area contributed by atoms with Crippen molar-refractivity contribution in [2.24, 2.45) is 0 Å². The molecule has 1 N–H and O–H groups in total. The lowest BCUT2D eigenvalue weighted by molar-refractivity contribution is -0.141. The lowest BCUT2D eigenvalue weighted by Crippen LogP contribution is -2.52. The number of carbonyl (C=O) groups excluding carboxylic acids is 3. The number of benzene rings is 3. The van der Waals surface area contributed by atoms with Crippen LogP contribution in [0.5, 0.6) is 0 Å². The average molecular weight is 631 g/mol. The van der Waals surface area contributed by atoms with E-state index in [1.54, 1.807) is 30.3 Å². The summed E-state index contributed by atoms with van der Waals surface area (Å²) in [4.78, 5) is 41.8. The summed E-state index contributed by atoms with van der Waals surface area (Å²) in [5.74, 6) is -1.29. The van der Waals surface area contributed by atoms with Crippen LogP contribution in [0.2, 0.25) is 10.0 Å². The smallest absolute Gasteiger partial charge is 0.269 e. The third-order valence-corrected chi connectivity index (χ3v) is 9.72. The maximum atomic E-state index is 13.9. The standard InChI is InChI=1S/C31H33Cl2N3O5S/c1-3-21(2)34-30(38)27(18-22-10-5-4-6-11-22)35(20-23-15-16-24(32)19-26(23)33)29(37)14-9-17-36-31(39)25-12-7-8-13-28(25)42(36,40)41/h4-8,10-13,15-16,19,21,27H,3,9,14,17-18,20H2,1-2H3,(H,34,38)/t21-,27-/m0/s1. The molecular formula is C31H33Cl2N3O5S. The molecule has 0 saturated heterocycles. The van der Waals surface area contributed by atoms with Gasteiger partial charge in [-0.25, -0.2) is 12.7 Å². The zero-order valence-electron chi connectivity index (χ0n) is 23.4. The molecular weight excluding hydrogens is 597 g/mol. The molecule has 0 saturated carbocycles. The van der Waals surface area contributed by atoms with Crippen LogP contribution in [0, 0.1) is 0 Å². The second kappa shape index (κ2) is 13.7. The number of carbonyl (C=O) groups is 3. The van der Waals surface area contributed by atoms with Gasteiger partial charge in [-0.3, -0.25) is 14.4 Å². The lowest BCUT2D eigenvalue weighted by atomic mass is 10.0. The van der Waals surface area contributed by atoms with Gasteiger partial charge in [-0.2, -0.15) is 0 Å². The quantitative estimate of drug-likeness (QED) is 0.286. The minimum Gasteiger partial charge on any atom is -0.352 e. The minimum atomic E-state index is -3.99. The third-order valence-electron chi connectivity index (χ3n) is 7.29. The van der Waals surface area contributed by atoms with E-state index in [9.17, 15) is 22.8 Å². The Morgan fingerprint density at radius 3 is 2.36 bits per heavy atom. The predicted molar refractivity (Wildman–Crippen MR) is 163 cm³/mol. The van der Waals surface area contributed by atoms with Gasteiger partial charge >= 0.3 is 0 Å². The highest BCUT2D eigenvalue weighted by molar-refractivity contribution is 7.90. The number of nitrogens with one attached hydrogen (secondary N) is 1. The van der Waals surface area contributed by atoms with Crippen molar-refractivity contribution in [2.45, 2.75) is 63.1 Å².